The molecule has 8 nitrogen and oxygen atoms in total. The van der Waals surface area contributed by atoms with Gasteiger partial charge in [0, 0.05) is 68.0 Å². The van der Waals surface area contributed by atoms with Crippen LogP contribution in [-0.2, 0) is 17.9 Å². The number of amides is 2. The van der Waals surface area contributed by atoms with Gasteiger partial charge in [-0.05, 0) is 35.9 Å². The Bertz CT molecular complexity index is 1190. The molecular formula is C26H29ClN6O2. The number of nitrogens with zero attached hydrogens (tertiary/aromatic N) is 5. The van der Waals surface area contributed by atoms with E-state index in [1.807, 2.05) is 53.2 Å². The van der Waals surface area contributed by atoms with Gasteiger partial charge in [0.05, 0.1) is 19.3 Å². The number of fused-ring (bicyclic) bond motifs is 1. The summed E-state index contributed by atoms with van der Waals surface area (Å²) in [5, 5.41) is 8.05. The normalized spacial score (nSPS) is 16.3. The van der Waals surface area contributed by atoms with Gasteiger partial charge in [-0.3, -0.25) is 19.4 Å². The summed E-state index contributed by atoms with van der Waals surface area (Å²) in [5.41, 5.74) is 2.75. The van der Waals surface area contributed by atoms with Crippen LogP contribution in [0, 0.1) is 0 Å². The average molecular weight is 493 g/mol. The third-order valence-corrected chi connectivity index (χ3v) is 6.86. The van der Waals surface area contributed by atoms with Crippen molar-refractivity contribution in [2.75, 3.05) is 49.1 Å². The summed E-state index contributed by atoms with van der Waals surface area (Å²) < 4.78 is 1.85. The van der Waals surface area contributed by atoms with Crippen molar-refractivity contribution in [3.05, 3.63) is 76.9 Å². The van der Waals surface area contributed by atoms with Crippen molar-refractivity contribution in [3.8, 4) is 0 Å². The van der Waals surface area contributed by atoms with Gasteiger partial charge in [-0.25, -0.2) is 4.68 Å². The van der Waals surface area contributed by atoms with E-state index in [4.69, 9.17) is 11.6 Å². The van der Waals surface area contributed by atoms with E-state index >= 15 is 0 Å². The van der Waals surface area contributed by atoms with Gasteiger partial charge in [-0.15, -0.1) is 0 Å². The number of nitrogens with one attached hydrogen (secondary N) is 1. The van der Waals surface area contributed by atoms with Gasteiger partial charge in [0.2, 0.25) is 5.91 Å². The molecule has 0 atom stereocenters. The molecule has 2 amide bonds. The van der Waals surface area contributed by atoms with Crippen molar-refractivity contribution < 1.29 is 9.59 Å². The molecule has 0 aliphatic carbocycles. The minimum absolute atomic E-state index is 0.0822. The number of benzene rings is 2. The molecule has 1 N–H and O–H groups in total. The maximum Gasteiger partial charge on any atom is 0.251 e. The molecule has 0 spiro atoms. The zero-order valence-corrected chi connectivity index (χ0v) is 20.3. The summed E-state index contributed by atoms with van der Waals surface area (Å²) in [4.78, 5) is 31.5. The summed E-state index contributed by atoms with van der Waals surface area (Å²) in [7, 11) is 0. The lowest BCUT2D eigenvalue weighted by Gasteiger charge is -2.36. The Morgan fingerprint density at radius 1 is 1.00 bits per heavy atom. The summed E-state index contributed by atoms with van der Waals surface area (Å²) in [6, 6.07) is 17.3. The van der Waals surface area contributed by atoms with E-state index in [9.17, 15) is 9.59 Å². The number of carbonyl (C=O) groups is 2. The molecule has 0 unspecified atom stereocenters. The molecule has 5 rings (SSSR count). The molecule has 1 aromatic heterocycles. The Balaban J connectivity index is 1.07. The summed E-state index contributed by atoms with van der Waals surface area (Å²) in [5.74, 6) is 0.825. The van der Waals surface area contributed by atoms with Crippen LogP contribution in [0.25, 0.3) is 0 Å². The predicted octanol–water partition coefficient (Wildman–Crippen LogP) is 3.03. The van der Waals surface area contributed by atoms with Gasteiger partial charge in [0.25, 0.3) is 5.91 Å². The SMILES string of the molecule is O=C(NCCN1CCN(c2cccc(Cl)c2)CC1)c1ccc(CN2C(=O)CCn3nccc32)cc1. The summed E-state index contributed by atoms with van der Waals surface area (Å²) in [6.07, 6.45) is 2.17. The van der Waals surface area contributed by atoms with Gasteiger partial charge >= 0.3 is 0 Å². The molecule has 1 fully saturated rings. The summed E-state index contributed by atoms with van der Waals surface area (Å²) in [6.45, 7) is 6.28. The van der Waals surface area contributed by atoms with Gasteiger partial charge in [-0.1, -0.05) is 29.8 Å². The predicted molar refractivity (Wildman–Crippen MR) is 137 cm³/mol. The van der Waals surface area contributed by atoms with E-state index in [1.54, 1.807) is 11.1 Å². The van der Waals surface area contributed by atoms with Gasteiger partial charge < -0.3 is 10.2 Å². The maximum atomic E-state index is 12.6. The van der Waals surface area contributed by atoms with Crippen LogP contribution in [0.3, 0.4) is 0 Å². The second kappa shape index (κ2) is 10.5. The lowest BCUT2D eigenvalue weighted by atomic mass is 10.1. The van der Waals surface area contributed by atoms with E-state index in [0.29, 0.717) is 31.6 Å². The number of hydrogen-bond acceptors (Lipinski definition) is 5. The second-order valence-corrected chi connectivity index (χ2v) is 9.34. The third-order valence-electron chi connectivity index (χ3n) is 6.63. The average Bonchev–Trinajstić information content (AvgIpc) is 3.36. The lowest BCUT2D eigenvalue weighted by Crippen LogP contribution is -2.48. The highest BCUT2D eigenvalue weighted by Gasteiger charge is 2.24. The molecule has 0 saturated carbocycles. The van der Waals surface area contributed by atoms with E-state index in [2.05, 4.69) is 26.3 Å². The van der Waals surface area contributed by atoms with E-state index < -0.39 is 0 Å². The largest absolute Gasteiger partial charge is 0.369 e. The second-order valence-electron chi connectivity index (χ2n) is 8.90. The number of hydrogen-bond donors (Lipinski definition) is 1. The monoisotopic (exact) mass is 492 g/mol. The van der Waals surface area contributed by atoms with Crippen molar-refractivity contribution >= 4 is 34.9 Å². The molecule has 2 aromatic carbocycles. The summed E-state index contributed by atoms with van der Waals surface area (Å²) >= 11 is 6.12. The van der Waals surface area contributed by atoms with Gasteiger partial charge in [-0.2, -0.15) is 5.10 Å². The van der Waals surface area contributed by atoms with E-state index in [1.165, 1.54) is 0 Å². The first-order chi connectivity index (χ1) is 17.1. The first kappa shape index (κ1) is 23.4. The number of aryl methyl sites for hydroxylation is 1. The number of halogens is 1. The minimum Gasteiger partial charge on any atom is -0.369 e. The van der Waals surface area contributed by atoms with Crippen molar-refractivity contribution in [2.24, 2.45) is 0 Å². The molecule has 1 saturated heterocycles. The van der Waals surface area contributed by atoms with E-state index in [-0.39, 0.29) is 11.8 Å². The Morgan fingerprint density at radius 3 is 2.57 bits per heavy atom. The van der Waals surface area contributed by atoms with Crippen molar-refractivity contribution in [1.29, 1.82) is 0 Å². The fraction of sp³-hybridized carbons (Fsp3) is 0.346. The Kier molecular flexibility index (Phi) is 7.01. The fourth-order valence-electron chi connectivity index (χ4n) is 4.64. The number of carbonyl (C=O) groups excluding carboxylic acids is 2. The molecule has 0 radical (unpaired) electrons. The van der Waals surface area contributed by atoms with E-state index in [0.717, 1.165) is 54.8 Å². The number of piperazine rings is 1. The molecule has 3 heterocycles. The highest BCUT2D eigenvalue weighted by atomic mass is 35.5. The molecule has 9 heteroatoms. The smallest absolute Gasteiger partial charge is 0.251 e. The zero-order valence-electron chi connectivity index (χ0n) is 19.6. The molecule has 2 aliphatic heterocycles. The molecule has 182 valence electrons. The van der Waals surface area contributed by atoms with Crippen LogP contribution in [0.2, 0.25) is 5.02 Å². The quantitative estimate of drug-likeness (QED) is 0.549. The van der Waals surface area contributed by atoms with Crippen LogP contribution in [0.1, 0.15) is 22.3 Å². The molecule has 2 aliphatic rings. The highest BCUT2D eigenvalue weighted by molar-refractivity contribution is 6.30. The topological polar surface area (TPSA) is 73.7 Å². The molecule has 35 heavy (non-hydrogen) atoms. The first-order valence-electron chi connectivity index (χ1n) is 12.0. The third kappa shape index (κ3) is 5.49. The zero-order chi connectivity index (χ0) is 24.2. The Morgan fingerprint density at radius 2 is 1.80 bits per heavy atom. The standard InChI is InChI=1S/C26H29ClN6O2/c27-22-2-1-3-23(18-22)31-16-14-30(15-17-31)13-11-28-26(35)21-6-4-20(5-7-21)19-32-24-8-10-29-33(24)12-9-25(32)34/h1-8,10,18H,9,11-17,19H2,(H,28,35). The van der Waals surface area contributed by atoms with Crippen molar-refractivity contribution in [2.45, 2.75) is 19.5 Å². The first-order valence-corrected chi connectivity index (χ1v) is 12.4. The maximum absolute atomic E-state index is 12.6. The number of anilines is 2. The molecule has 0 bridgehead atoms. The van der Waals surface area contributed by atoms with Crippen LogP contribution in [0.15, 0.2) is 60.8 Å². The van der Waals surface area contributed by atoms with Crippen molar-refractivity contribution in [3.63, 3.8) is 0 Å². The number of rotatable bonds is 7. The molecular weight excluding hydrogens is 464 g/mol. The van der Waals surface area contributed by atoms with Gasteiger partial charge in [0.15, 0.2) is 0 Å². The van der Waals surface area contributed by atoms with Crippen LogP contribution < -0.4 is 15.1 Å². The van der Waals surface area contributed by atoms with Crippen molar-refractivity contribution in [1.82, 2.24) is 20.0 Å². The van der Waals surface area contributed by atoms with Crippen LogP contribution >= 0.6 is 11.6 Å². The lowest BCUT2D eigenvalue weighted by molar-refractivity contribution is -0.119. The van der Waals surface area contributed by atoms with Gasteiger partial charge in [0.1, 0.15) is 5.82 Å². The Labute approximate surface area is 210 Å². The van der Waals surface area contributed by atoms with Crippen LogP contribution in [0.4, 0.5) is 11.5 Å². The fourth-order valence-corrected chi connectivity index (χ4v) is 4.82. The van der Waals surface area contributed by atoms with Crippen LogP contribution in [0.5, 0.6) is 0 Å². The number of aromatic nitrogens is 2. The highest BCUT2D eigenvalue weighted by Crippen LogP contribution is 2.23. The Hall–Kier alpha value is -3.36. The molecule has 3 aromatic rings. The minimum atomic E-state index is -0.0822. The van der Waals surface area contributed by atoms with Crippen LogP contribution in [-0.4, -0.2) is 65.8 Å².